The molecule has 0 radical (unpaired) electrons. The van der Waals surface area contributed by atoms with Crippen molar-refractivity contribution in [2.24, 2.45) is 28.6 Å². The summed E-state index contributed by atoms with van der Waals surface area (Å²) in [6, 6.07) is 0. The van der Waals surface area contributed by atoms with Crippen molar-refractivity contribution in [2.45, 2.75) is 70.5 Å². The van der Waals surface area contributed by atoms with Crippen molar-refractivity contribution < 1.29 is 38.7 Å². The van der Waals surface area contributed by atoms with Crippen LogP contribution >= 0.6 is 7.82 Å². The molecule has 168 valence electrons. The van der Waals surface area contributed by atoms with Crippen molar-refractivity contribution in [3.05, 3.63) is 11.6 Å². The number of phosphoric acid groups is 1. The maximum atomic E-state index is 12.8. The molecule has 0 aromatic heterocycles. The Bertz CT molecular complexity index is 848. The molecule has 0 aromatic rings. The number of hydrogen-bond acceptors (Lipinski definition) is 6. The summed E-state index contributed by atoms with van der Waals surface area (Å²) in [5.74, 6) is -0.522. The first kappa shape index (κ1) is 22.3. The van der Waals surface area contributed by atoms with Crippen LogP contribution in [0.5, 0.6) is 0 Å². The highest BCUT2D eigenvalue weighted by Gasteiger charge is 2.68. The average Bonchev–Trinajstić information content (AvgIpc) is 2.91. The van der Waals surface area contributed by atoms with Crippen LogP contribution in [0.3, 0.4) is 0 Å². The first-order chi connectivity index (χ1) is 13.8. The van der Waals surface area contributed by atoms with Crippen molar-refractivity contribution in [1.82, 2.24) is 0 Å². The van der Waals surface area contributed by atoms with E-state index in [1.165, 1.54) is 0 Å². The molecule has 0 aromatic carbocycles. The Kier molecular flexibility index (Phi) is 5.25. The highest BCUT2D eigenvalue weighted by Crippen LogP contribution is 2.67. The number of aliphatic hydroxyl groups excluding tert-OH is 1. The Morgan fingerprint density at radius 2 is 1.93 bits per heavy atom. The first-order valence-electron chi connectivity index (χ1n) is 10.7. The van der Waals surface area contributed by atoms with Gasteiger partial charge in [-0.25, -0.2) is 4.57 Å². The number of ketones is 2. The zero-order valence-electron chi connectivity index (χ0n) is 17.4. The predicted molar refractivity (Wildman–Crippen MR) is 106 cm³/mol. The van der Waals surface area contributed by atoms with Gasteiger partial charge in [0.05, 0.1) is 6.10 Å². The van der Waals surface area contributed by atoms with Gasteiger partial charge in [-0.15, -0.1) is 0 Å². The number of aliphatic hydroxyl groups is 2. The zero-order chi connectivity index (χ0) is 22.1. The van der Waals surface area contributed by atoms with E-state index in [-0.39, 0.29) is 41.8 Å². The van der Waals surface area contributed by atoms with Gasteiger partial charge in [-0.3, -0.25) is 14.1 Å². The van der Waals surface area contributed by atoms with Crippen molar-refractivity contribution in [2.75, 3.05) is 6.61 Å². The zero-order valence-corrected chi connectivity index (χ0v) is 18.3. The van der Waals surface area contributed by atoms with E-state index in [2.05, 4.69) is 11.4 Å². The molecule has 9 heteroatoms. The molecule has 30 heavy (non-hydrogen) atoms. The minimum atomic E-state index is -4.83. The van der Waals surface area contributed by atoms with E-state index >= 15 is 0 Å². The number of carbonyl (C=O) groups is 2. The van der Waals surface area contributed by atoms with Gasteiger partial charge in [-0.2, -0.15) is 0 Å². The van der Waals surface area contributed by atoms with E-state index < -0.39 is 37.3 Å². The average molecular weight is 442 g/mol. The summed E-state index contributed by atoms with van der Waals surface area (Å²) < 4.78 is 15.4. The van der Waals surface area contributed by atoms with Crippen LogP contribution in [0.15, 0.2) is 11.6 Å². The van der Waals surface area contributed by atoms with E-state index in [1.807, 2.05) is 6.92 Å². The smallest absolute Gasteiger partial charge is 0.393 e. The Hall–Kier alpha value is -0.890. The molecule has 3 fully saturated rings. The Labute approximate surface area is 175 Å². The molecule has 4 aliphatic carbocycles. The molecule has 4 rings (SSSR count). The molecule has 0 spiro atoms. The van der Waals surface area contributed by atoms with Crippen molar-refractivity contribution in [3.8, 4) is 0 Å². The van der Waals surface area contributed by atoms with Crippen LogP contribution in [0.25, 0.3) is 0 Å². The number of hydrogen-bond donors (Lipinski definition) is 4. The summed E-state index contributed by atoms with van der Waals surface area (Å²) in [7, 11) is -4.83. The lowest BCUT2D eigenvalue weighted by Crippen LogP contribution is -2.62. The minimum Gasteiger partial charge on any atom is -0.393 e. The fraction of sp³-hybridized carbons (Fsp3) is 0.810. The Morgan fingerprint density at radius 1 is 1.23 bits per heavy atom. The van der Waals surface area contributed by atoms with Crippen LogP contribution < -0.4 is 0 Å². The van der Waals surface area contributed by atoms with Crippen molar-refractivity contribution in [3.63, 3.8) is 0 Å². The molecule has 0 amide bonds. The van der Waals surface area contributed by atoms with E-state index in [9.17, 15) is 24.4 Å². The topological polar surface area (TPSA) is 141 Å². The van der Waals surface area contributed by atoms with Gasteiger partial charge in [0.2, 0.25) is 0 Å². The summed E-state index contributed by atoms with van der Waals surface area (Å²) in [5, 5.41) is 22.7. The molecule has 0 saturated heterocycles. The lowest BCUT2D eigenvalue weighted by molar-refractivity contribution is -0.182. The molecule has 0 heterocycles. The van der Waals surface area contributed by atoms with Crippen LogP contribution in [-0.4, -0.2) is 49.9 Å². The van der Waals surface area contributed by atoms with Crippen LogP contribution in [0.4, 0.5) is 0 Å². The van der Waals surface area contributed by atoms with Crippen LogP contribution in [0.1, 0.15) is 58.8 Å². The highest BCUT2D eigenvalue weighted by atomic mass is 31.2. The predicted octanol–water partition coefficient (Wildman–Crippen LogP) is 1.90. The Morgan fingerprint density at radius 3 is 2.60 bits per heavy atom. The molecule has 3 saturated carbocycles. The number of phosphoric ester groups is 1. The standard InChI is InChI=1S/C21H31O8P/c1-19-7-5-13(22)9-12(19)3-4-14-15-6-8-21(25,17(24)11-29-30(26,27)28)20(15,2)10-16(23)18(14)19/h9,14-16,18,23,25H,3-8,10-11H2,1-2H3,(H2,26,27,28)/t14-,15-,16-,18-,19-,20-,21-/m0/s1. The van der Waals surface area contributed by atoms with Crippen molar-refractivity contribution in [1.29, 1.82) is 0 Å². The number of Topliss-reactive ketones (excluding diaryl/α,β-unsaturated/α-hetero) is 1. The summed E-state index contributed by atoms with van der Waals surface area (Å²) in [6.45, 7) is 3.09. The highest BCUT2D eigenvalue weighted by molar-refractivity contribution is 7.46. The number of carbonyl (C=O) groups excluding carboxylic acids is 2. The molecule has 8 nitrogen and oxygen atoms in total. The van der Waals surface area contributed by atoms with E-state index in [0.29, 0.717) is 19.3 Å². The largest absolute Gasteiger partial charge is 0.470 e. The van der Waals surface area contributed by atoms with Gasteiger partial charge < -0.3 is 20.0 Å². The maximum Gasteiger partial charge on any atom is 0.470 e. The number of fused-ring (bicyclic) bond motifs is 5. The van der Waals surface area contributed by atoms with Crippen molar-refractivity contribution >= 4 is 19.4 Å². The fourth-order valence-electron chi connectivity index (χ4n) is 7.41. The van der Waals surface area contributed by atoms with Gasteiger partial charge in [-0.05, 0) is 67.8 Å². The van der Waals surface area contributed by atoms with E-state index in [4.69, 9.17) is 9.79 Å². The van der Waals surface area contributed by atoms with E-state index in [1.54, 1.807) is 6.08 Å². The van der Waals surface area contributed by atoms with Crippen LogP contribution in [-0.2, 0) is 18.7 Å². The van der Waals surface area contributed by atoms with Gasteiger partial charge in [0.1, 0.15) is 12.2 Å². The summed E-state index contributed by atoms with van der Waals surface area (Å²) in [4.78, 5) is 42.6. The van der Waals surface area contributed by atoms with Gasteiger partial charge in [0, 0.05) is 11.8 Å². The molecular weight excluding hydrogens is 411 g/mol. The molecule has 7 atom stereocenters. The lowest BCUT2D eigenvalue weighted by atomic mass is 9.45. The third-order valence-electron chi connectivity index (χ3n) is 8.87. The van der Waals surface area contributed by atoms with Gasteiger partial charge >= 0.3 is 7.82 Å². The van der Waals surface area contributed by atoms with Gasteiger partial charge in [0.15, 0.2) is 11.6 Å². The minimum absolute atomic E-state index is 0.00547. The SMILES string of the molecule is C[C@]12CCC(=O)C=C1CC[C@@H]1[C@H]2[C@@H](O)C[C@@]2(C)[C@H]1CC[C@]2(O)C(=O)COP(=O)(O)O. The molecule has 4 aliphatic rings. The van der Waals surface area contributed by atoms with Gasteiger partial charge in [-0.1, -0.05) is 19.4 Å². The van der Waals surface area contributed by atoms with Crippen LogP contribution in [0, 0.1) is 28.6 Å². The third kappa shape index (κ3) is 3.19. The monoisotopic (exact) mass is 442 g/mol. The summed E-state index contributed by atoms with van der Waals surface area (Å²) in [6.07, 6.45) is 4.79. The molecule has 0 aliphatic heterocycles. The fourth-order valence-corrected chi connectivity index (χ4v) is 7.70. The lowest BCUT2D eigenvalue weighted by Gasteiger charge is -2.60. The number of allylic oxidation sites excluding steroid dienone is 1. The maximum absolute atomic E-state index is 12.8. The second-order valence-electron chi connectivity index (χ2n) is 10.2. The van der Waals surface area contributed by atoms with Gasteiger partial charge in [0.25, 0.3) is 0 Å². The van der Waals surface area contributed by atoms with E-state index in [0.717, 1.165) is 18.4 Å². The number of rotatable bonds is 4. The molecule has 0 unspecified atom stereocenters. The summed E-state index contributed by atoms with van der Waals surface area (Å²) in [5.41, 5.74) is -1.84. The third-order valence-corrected chi connectivity index (χ3v) is 9.34. The van der Waals surface area contributed by atoms with Crippen LogP contribution in [0.2, 0.25) is 0 Å². The molecule has 0 bridgehead atoms. The normalized spacial score (nSPS) is 45.9. The second-order valence-corrected chi connectivity index (χ2v) is 11.4. The quantitative estimate of drug-likeness (QED) is 0.484. The second kappa shape index (κ2) is 7.06. The Balaban J connectivity index is 1.64. The molecular formula is C21H31O8P. The summed E-state index contributed by atoms with van der Waals surface area (Å²) >= 11 is 0. The molecule has 4 N–H and O–H groups in total. The first-order valence-corrected chi connectivity index (χ1v) is 12.2.